The molecule has 27 heavy (non-hydrogen) atoms. The van der Waals surface area contributed by atoms with Gasteiger partial charge in [-0.25, -0.2) is 4.98 Å². The van der Waals surface area contributed by atoms with Crippen LogP contribution in [-0.4, -0.2) is 18.0 Å². The Morgan fingerprint density at radius 1 is 1.04 bits per heavy atom. The zero-order valence-electron chi connectivity index (χ0n) is 14.8. The van der Waals surface area contributed by atoms with E-state index in [9.17, 15) is 4.79 Å². The zero-order chi connectivity index (χ0) is 18.6. The van der Waals surface area contributed by atoms with Crippen LogP contribution in [0.15, 0.2) is 77.2 Å². The number of nitrogens with one attached hydrogen (secondary N) is 1. The second-order valence-corrected chi connectivity index (χ2v) is 6.14. The second kappa shape index (κ2) is 7.33. The van der Waals surface area contributed by atoms with Gasteiger partial charge in [-0.05, 0) is 42.0 Å². The first-order valence-corrected chi connectivity index (χ1v) is 8.60. The van der Waals surface area contributed by atoms with Gasteiger partial charge in [0.1, 0.15) is 11.3 Å². The Balaban J connectivity index is 1.48. The molecule has 0 spiro atoms. The van der Waals surface area contributed by atoms with Gasteiger partial charge >= 0.3 is 0 Å². The Hall–Kier alpha value is -3.60. The van der Waals surface area contributed by atoms with Crippen molar-refractivity contribution in [2.24, 2.45) is 0 Å². The molecule has 3 aromatic carbocycles. The van der Waals surface area contributed by atoms with Crippen LogP contribution in [0.1, 0.15) is 5.56 Å². The lowest BCUT2D eigenvalue weighted by Crippen LogP contribution is -2.14. The highest BCUT2D eigenvalue weighted by Gasteiger charge is 2.10. The van der Waals surface area contributed by atoms with Crippen LogP contribution in [0.4, 0.5) is 5.69 Å². The van der Waals surface area contributed by atoms with Gasteiger partial charge < -0.3 is 14.5 Å². The number of methoxy groups -OCH3 is 1. The van der Waals surface area contributed by atoms with Crippen LogP contribution >= 0.6 is 0 Å². The minimum atomic E-state index is -0.0529. The summed E-state index contributed by atoms with van der Waals surface area (Å²) in [7, 11) is 1.62. The normalized spacial score (nSPS) is 10.7. The predicted molar refractivity (Wildman–Crippen MR) is 105 cm³/mol. The molecule has 0 bridgehead atoms. The number of hydrogen-bond donors (Lipinski definition) is 1. The maximum Gasteiger partial charge on any atom is 0.228 e. The first kappa shape index (κ1) is 16.8. The van der Waals surface area contributed by atoms with E-state index in [1.165, 1.54) is 0 Å². The van der Waals surface area contributed by atoms with Gasteiger partial charge in [0.2, 0.25) is 11.8 Å². The van der Waals surface area contributed by atoms with E-state index in [2.05, 4.69) is 10.3 Å². The summed E-state index contributed by atoms with van der Waals surface area (Å²) in [6.07, 6.45) is 0.343. The lowest BCUT2D eigenvalue weighted by atomic mass is 10.1. The lowest BCUT2D eigenvalue weighted by molar-refractivity contribution is -0.115. The number of oxazole rings is 1. The summed E-state index contributed by atoms with van der Waals surface area (Å²) in [6, 6.07) is 22.6. The summed E-state index contributed by atoms with van der Waals surface area (Å²) < 4.78 is 11.0. The van der Waals surface area contributed by atoms with Crippen molar-refractivity contribution in [3.63, 3.8) is 0 Å². The number of nitrogens with zero attached hydrogens (tertiary/aromatic N) is 1. The first-order chi connectivity index (χ1) is 13.2. The van der Waals surface area contributed by atoms with Gasteiger partial charge in [0, 0.05) is 17.3 Å². The molecule has 0 aliphatic heterocycles. The van der Waals surface area contributed by atoms with Crippen LogP contribution < -0.4 is 10.1 Å². The highest BCUT2D eigenvalue weighted by molar-refractivity contribution is 5.92. The van der Waals surface area contributed by atoms with E-state index >= 15 is 0 Å². The number of hydrogen-bond acceptors (Lipinski definition) is 4. The largest absolute Gasteiger partial charge is 0.497 e. The smallest absolute Gasteiger partial charge is 0.228 e. The maximum atomic E-state index is 12.2. The topological polar surface area (TPSA) is 64.4 Å². The molecule has 0 aliphatic carbocycles. The third kappa shape index (κ3) is 3.82. The summed E-state index contributed by atoms with van der Waals surface area (Å²) in [6.45, 7) is 0. The fraction of sp³-hybridized carbons (Fsp3) is 0.0909. The molecule has 0 radical (unpaired) electrons. The number of fused-ring (bicyclic) bond motifs is 1. The fourth-order valence-electron chi connectivity index (χ4n) is 2.84. The van der Waals surface area contributed by atoms with Gasteiger partial charge in [-0.15, -0.1) is 0 Å². The Labute approximate surface area is 156 Å². The molecule has 134 valence electrons. The highest BCUT2D eigenvalue weighted by atomic mass is 16.5. The molecule has 5 nitrogen and oxygen atoms in total. The van der Waals surface area contributed by atoms with Gasteiger partial charge in [0.25, 0.3) is 0 Å². The third-order valence-electron chi connectivity index (χ3n) is 4.22. The van der Waals surface area contributed by atoms with Gasteiger partial charge in [0.15, 0.2) is 5.58 Å². The number of carbonyl (C=O) groups excluding carboxylic acids is 1. The molecule has 0 saturated carbocycles. The first-order valence-electron chi connectivity index (χ1n) is 8.60. The van der Waals surface area contributed by atoms with Crippen LogP contribution in [-0.2, 0) is 11.2 Å². The summed E-state index contributed by atoms with van der Waals surface area (Å²) in [5.41, 5.74) is 3.99. The fourth-order valence-corrected chi connectivity index (χ4v) is 2.84. The van der Waals surface area contributed by atoms with Crippen molar-refractivity contribution in [2.45, 2.75) is 6.42 Å². The van der Waals surface area contributed by atoms with E-state index in [4.69, 9.17) is 9.15 Å². The molecular formula is C22H18N2O3. The molecule has 0 saturated heterocycles. The van der Waals surface area contributed by atoms with Crippen LogP contribution in [0, 0.1) is 0 Å². The molecular weight excluding hydrogens is 340 g/mol. The van der Waals surface area contributed by atoms with E-state index in [0.717, 1.165) is 28.1 Å². The summed E-state index contributed by atoms with van der Waals surface area (Å²) in [5, 5.41) is 2.90. The molecule has 0 unspecified atom stereocenters. The minimum Gasteiger partial charge on any atom is -0.497 e. The quantitative estimate of drug-likeness (QED) is 0.562. The van der Waals surface area contributed by atoms with Crippen molar-refractivity contribution >= 4 is 22.7 Å². The number of anilines is 1. The van der Waals surface area contributed by atoms with E-state index < -0.39 is 0 Å². The lowest BCUT2D eigenvalue weighted by Gasteiger charge is -2.06. The van der Waals surface area contributed by atoms with E-state index in [-0.39, 0.29) is 5.91 Å². The van der Waals surface area contributed by atoms with Crippen molar-refractivity contribution in [3.05, 3.63) is 78.4 Å². The van der Waals surface area contributed by atoms with Crippen molar-refractivity contribution < 1.29 is 13.9 Å². The molecule has 1 N–H and O–H groups in total. The molecule has 4 aromatic rings. The van der Waals surface area contributed by atoms with Crippen molar-refractivity contribution in [1.29, 1.82) is 0 Å². The van der Waals surface area contributed by atoms with Crippen LogP contribution in [0.5, 0.6) is 5.75 Å². The van der Waals surface area contributed by atoms with Gasteiger partial charge in [0.05, 0.1) is 13.5 Å². The zero-order valence-corrected chi connectivity index (χ0v) is 14.8. The number of aromatic nitrogens is 1. The second-order valence-electron chi connectivity index (χ2n) is 6.14. The Morgan fingerprint density at radius 3 is 2.56 bits per heavy atom. The molecule has 0 aliphatic rings. The SMILES string of the molecule is COc1ccc2oc(-c3ccc(NC(=O)Cc4ccccc4)cc3)nc2c1. The third-order valence-corrected chi connectivity index (χ3v) is 4.22. The van der Waals surface area contributed by atoms with Gasteiger partial charge in [-0.1, -0.05) is 30.3 Å². The van der Waals surface area contributed by atoms with Crippen LogP contribution in [0.3, 0.4) is 0 Å². The highest BCUT2D eigenvalue weighted by Crippen LogP contribution is 2.27. The monoisotopic (exact) mass is 358 g/mol. The Kier molecular flexibility index (Phi) is 4.58. The predicted octanol–water partition coefficient (Wildman–Crippen LogP) is 4.68. The number of ether oxygens (including phenoxy) is 1. The average Bonchev–Trinajstić information content (AvgIpc) is 3.12. The standard InChI is InChI=1S/C22H18N2O3/c1-26-18-11-12-20-19(14-18)24-22(27-20)16-7-9-17(10-8-16)23-21(25)13-15-5-3-2-4-6-15/h2-12,14H,13H2,1H3,(H,23,25). The average molecular weight is 358 g/mol. The van der Waals surface area contributed by atoms with Crippen LogP contribution in [0.2, 0.25) is 0 Å². The molecule has 0 atom stereocenters. The molecule has 1 amide bonds. The van der Waals surface area contributed by atoms with E-state index in [1.54, 1.807) is 7.11 Å². The summed E-state index contributed by atoms with van der Waals surface area (Å²) in [5.74, 6) is 1.21. The van der Waals surface area contributed by atoms with Crippen LogP contribution in [0.25, 0.3) is 22.6 Å². The molecule has 1 aromatic heterocycles. The molecule has 5 heteroatoms. The molecule has 4 rings (SSSR count). The molecule has 1 heterocycles. The van der Waals surface area contributed by atoms with Crippen molar-refractivity contribution in [2.75, 3.05) is 12.4 Å². The molecule has 0 fully saturated rings. The maximum absolute atomic E-state index is 12.2. The Bertz CT molecular complexity index is 1070. The van der Waals surface area contributed by atoms with E-state index in [0.29, 0.717) is 17.9 Å². The number of amides is 1. The summed E-state index contributed by atoms with van der Waals surface area (Å²) >= 11 is 0. The number of rotatable bonds is 5. The van der Waals surface area contributed by atoms with Crippen molar-refractivity contribution in [1.82, 2.24) is 4.98 Å². The number of carbonyl (C=O) groups is 1. The summed E-state index contributed by atoms with van der Waals surface area (Å²) in [4.78, 5) is 16.7. The van der Waals surface area contributed by atoms with Gasteiger partial charge in [-0.2, -0.15) is 0 Å². The van der Waals surface area contributed by atoms with Crippen molar-refractivity contribution in [3.8, 4) is 17.2 Å². The number of benzene rings is 3. The van der Waals surface area contributed by atoms with E-state index in [1.807, 2.05) is 72.8 Å². The van der Waals surface area contributed by atoms with Gasteiger partial charge in [-0.3, -0.25) is 4.79 Å². The minimum absolute atomic E-state index is 0.0529. The Morgan fingerprint density at radius 2 is 1.81 bits per heavy atom.